The van der Waals surface area contributed by atoms with E-state index in [2.05, 4.69) is 5.32 Å². The molecule has 0 saturated heterocycles. The highest BCUT2D eigenvalue weighted by atomic mass is 16.5. The van der Waals surface area contributed by atoms with Gasteiger partial charge in [-0.05, 0) is 18.2 Å². The molecule has 0 bridgehead atoms. The molecule has 2 aromatic rings. The fourth-order valence-corrected chi connectivity index (χ4v) is 2.06. The molecule has 2 rings (SSSR count). The van der Waals surface area contributed by atoms with E-state index in [1.807, 2.05) is 48.5 Å². The van der Waals surface area contributed by atoms with Gasteiger partial charge in [-0.2, -0.15) is 0 Å². The van der Waals surface area contributed by atoms with Crippen molar-refractivity contribution in [3.63, 3.8) is 0 Å². The van der Waals surface area contributed by atoms with Crippen molar-refractivity contribution in [3.05, 3.63) is 54.1 Å². The number of hydrogen-bond donors (Lipinski definition) is 1. The van der Waals surface area contributed by atoms with Crippen LogP contribution in [0.3, 0.4) is 0 Å². The van der Waals surface area contributed by atoms with Crippen LogP contribution in [-0.4, -0.2) is 27.4 Å². The monoisotopic (exact) mass is 287 g/mol. The SMILES string of the molecule is COCc1ccccc1NCCOc1ccccc1OC. The quantitative estimate of drug-likeness (QED) is 0.756. The minimum Gasteiger partial charge on any atom is -0.493 e. The number of para-hydroxylation sites is 3. The second kappa shape index (κ2) is 8.17. The molecule has 21 heavy (non-hydrogen) atoms. The van der Waals surface area contributed by atoms with Crippen molar-refractivity contribution in [3.8, 4) is 11.5 Å². The summed E-state index contributed by atoms with van der Waals surface area (Å²) in [6.07, 6.45) is 0. The zero-order valence-corrected chi connectivity index (χ0v) is 12.5. The maximum absolute atomic E-state index is 5.73. The van der Waals surface area contributed by atoms with E-state index in [-0.39, 0.29) is 0 Å². The summed E-state index contributed by atoms with van der Waals surface area (Å²) in [5.41, 5.74) is 2.21. The fraction of sp³-hybridized carbons (Fsp3) is 0.294. The lowest BCUT2D eigenvalue weighted by Crippen LogP contribution is -2.13. The Morgan fingerprint density at radius 1 is 0.905 bits per heavy atom. The van der Waals surface area contributed by atoms with Crippen LogP contribution in [0.1, 0.15) is 5.56 Å². The average Bonchev–Trinajstić information content (AvgIpc) is 2.53. The minimum atomic E-state index is 0.557. The smallest absolute Gasteiger partial charge is 0.161 e. The summed E-state index contributed by atoms with van der Waals surface area (Å²) in [6.45, 7) is 1.86. The van der Waals surface area contributed by atoms with Crippen molar-refractivity contribution in [1.82, 2.24) is 0 Å². The zero-order chi connectivity index (χ0) is 14.9. The van der Waals surface area contributed by atoms with Crippen LogP contribution in [0.2, 0.25) is 0 Å². The van der Waals surface area contributed by atoms with Gasteiger partial charge < -0.3 is 19.5 Å². The Morgan fingerprint density at radius 3 is 2.38 bits per heavy atom. The molecule has 0 fully saturated rings. The third-order valence-electron chi connectivity index (χ3n) is 3.06. The van der Waals surface area contributed by atoms with E-state index in [0.29, 0.717) is 19.8 Å². The van der Waals surface area contributed by atoms with Gasteiger partial charge >= 0.3 is 0 Å². The van der Waals surface area contributed by atoms with Gasteiger partial charge in [0.15, 0.2) is 11.5 Å². The second-order valence-corrected chi connectivity index (χ2v) is 4.52. The van der Waals surface area contributed by atoms with E-state index < -0.39 is 0 Å². The van der Waals surface area contributed by atoms with Gasteiger partial charge in [0.2, 0.25) is 0 Å². The highest BCUT2D eigenvalue weighted by Crippen LogP contribution is 2.25. The zero-order valence-electron chi connectivity index (χ0n) is 12.5. The number of ether oxygens (including phenoxy) is 3. The molecule has 0 aliphatic heterocycles. The van der Waals surface area contributed by atoms with Gasteiger partial charge in [-0.3, -0.25) is 0 Å². The van der Waals surface area contributed by atoms with Gasteiger partial charge in [-0.15, -0.1) is 0 Å². The van der Waals surface area contributed by atoms with Crippen molar-refractivity contribution < 1.29 is 14.2 Å². The number of nitrogens with one attached hydrogen (secondary N) is 1. The van der Waals surface area contributed by atoms with Gasteiger partial charge in [0.25, 0.3) is 0 Å². The normalized spacial score (nSPS) is 10.2. The molecule has 0 aliphatic rings. The van der Waals surface area contributed by atoms with E-state index >= 15 is 0 Å². The predicted octanol–water partition coefficient (Wildman–Crippen LogP) is 3.33. The molecule has 112 valence electrons. The fourth-order valence-electron chi connectivity index (χ4n) is 2.06. The first kappa shape index (κ1) is 15.2. The molecule has 0 amide bonds. The van der Waals surface area contributed by atoms with Gasteiger partial charge in [0.05, 0.1) is 13.7 Å². The molecule has 0 aliphatic carbocycles. The Hall–Kier alpha value is -2.20. The summed E-state index contributed by atoms with van der Waals surface area (Å²) in [7, 11) is 3.34. The molecule has 0 unspecified atom stereocenters. The van der Waals surface area contributed by atoms with E-state index in [4.69, 9.17) is 14.2 Å². The molecule has 0 saturated carbocycles. The van der Waals surface area contributed by atoms with Gasteiger partial charge in [-0.1, -0.05) is 30.3 Å². The largest absolute Gasteiger partial charge is 0.493 e. The molecular formula is C17H21NO3. The third-order valence-corrected chi connectivity index (χ3v) is 3.06. The Morgan fingerprint density at radius 2 is 1.62 bits per heavy atom. The molecular weight excluding hydrogens is 266 g/mol. The first-order chi connectivity index (χ1) is 10.3. The summed E-state index contributed by atoms with van der Waals surface area (Å²) in [4.78, 5) is 0. The van der Waals surface area contributed by atoms with Crippen molar-refractivity contribution >= 4 is 5.69 Å². The summed E-state index contributed by atoms with van der Waals surface area (Å²) in [5, 5.41) is 3.36. The number of hydrogen-bond acceptors (Lipinski definition) is 4. The van der Waals surface area contributed by atoms with Crippen LogP contribution in [0.4, 0.5) is 5.69 Å². The highest BCUT2D eigenvalue weighted by molar-refractivity contribution is 5.50. The number of methoxy groups -OCH3 is 2. The van der Waals surface area contributed by atoms with Crippen LogP contribution in [0.15, 0.2) is 48.5 Å². The summed E-state index contributed by atoms with van der Waals surface area (Å²) < 4.78 is 16.2. The van der Waals surface area contributed by atoms with Crippen molar-refractivity contribution in [2.24, 2.45) is 0 Å². The van der Waals surface area contributed by atoms with Gasteiger partial charge in [0, 0.05) is 24.9 Å². The van der Waals surface area contributed by atoms with Crippen LogP contribution < -0.4 is 14.8 Å². The first-order valence-corrected chi connectivity index (χ1v) is 6.91. The van der Waals surface area contributed by atoms with E-state index in [1.165, 1.54) is 0 Å². The first-order valence-electron chi connectivity index (χ1n) is 6.91. The summed E-state index contributed by atoms with van der Waals surface area (Å²) in [5.74, 6) is 1.50. The van der Waals surface area contributed by atoms with Crippen LogP contribution >= 0.6 is 0 Å². The summed E-state index contributed by atoms with van der Waals surface area (Å²) >= 11 is 0. The Balaban J connectivity index is 1.85. The van der Waals surface area contributed by atoms with Crippen LogP contribution in [-0.2, 0) is 11.3 Å². The lowest BCUT2D eigenvalue weighted by molar-refractivity contribution is 0.185. The lowest BCUT2D eigenvalue weighted by atomic mass is 10.2. The van der Waals surface area contributed by atoms with Gasteiger partial charge in [-0.25, -0.2) is 0 Å². The van der Waals surface area contributed by atoms with Crippen molar-refractivity contribution in [2.75, 3.05) is 32.7 Å². The van der Waals surface area contributed by atoms with Crippen LogP contribution in [0, 0.1) is 0 Å². The maximum Gasteiger partial charge on any atom is 0.161 e. The Labute approximate surface area is 125 Å². The average molecular weight is 287 g/mol. The third kappa shape index (κ3) is 4.39. The van der Waals surface area contributed by atoms with Crippen LogP contribution in [0.5, 0.6) is 11.5 Å². The highest BCUT2D eigenvalue weighted by Gasteiger charge is 2.03. The van der Waals surface area contributed by atoms with Crippen LogP contribution in [0.25, 0.3) is 0 Å². The van der Waals surface area contributed by atoms with Crippen molar-refractivity contribution in [1.29, 1.82) is 0 Å². The predicted molar refractivity (Wildman–Crippen MR) is 84.1 cm³/mol. The topological polar surface area (TPSA) is 39.7 Å². The van der Waals surface area contributed by atoms with Gasteiger partial charge in [0.1, 0.15) is 6.61 Å². The number of anilines is 1. The molecule has 0 heterocycles. The van der Waals surface area contributed by atoms with Crippen molar-refractivity contribution in [2.45, 2.75) is 6.61 Å². The molecule has 2 aromatic carbocycles. The molecule has 0 aromatic heterocycles. The molecule has 4 nitrogen and oxygen atoms in total. The molecule has 0 atom stereocenters. The molecule has 4 heteroatoms. The molecule has 1 N–H and O–H groups in total. The maximum atomic E-state index is 5.73. The number of benzene rings is 2. The minimum absolute atomic E-state index is 0.557. The second-order valence-electron chi connectivity index (χ2n) is 4.52. The summed E-state index contributed by atoms with van der Waals surface area (Å²) in [6, 6.07) is 15.7. The Bertz CT molecular complexity index is 557. The van der Waals surface area contributed by atoms with E-state index in [0.717, 1.165) is 22.7 Å². The standard InChI is InChI=1S/C17H21NO3/c1-19-13-14-7-3-4-8-15(14)18-11-12-21-17-10-6-5-9-16(17)20-2/h3-10,18H,11-13H2,1-2H3. The lowest BCUT2D eigenvalue weighted by Gasteiger charge is -2.13. The molecule has 0 spiro atoms. The molecule has 0 radical (unpaired) electrons. The Kier molecular flexibility index (Phi) is 5.91. The van der Waals surface area contributed by atoms with E-state index in [9.17, 15) is 0 Å². The number of rotatable bonds is 8. The van der Waals surface area contributed by atoms with E-state index in [1.54, 1.807) is 14.2 Å².